The summed E-state index contributed by atoms with van der Waals surface area (Å²) < 4.78 is 15.3. The van der Waals surface area contributed by atoms with E-state index in [1.165, 1.54) is 12.1 Å². The highest BCUT2D eigenvalue weighted by atomic mass is 19.1. The molecule has 5 nitrogen and oxygen atoms in total. The van der Waals surface area contributed by atoms with Crippen LogP contribution in [0.1, 0.15) is 22.7 Å². The van der Waals surface area contributed by atoms with Gasteiger partial charge < -0.3 is 5.43 Å². The molecule has 0 radical (unpaired) electrons. The molecule has 140 valence electrons. The number of fused-ring (bicyclic) bond motifs is 1. The molecular weight excluding hydrogens is 365 g/mol. The smallest absolute Gasteiger partial charge is 0.137 e. The number of benzene rings is 2. The van der Waals surface area contributed by atoms with Gasteiger partial charge in [-0.3, -0.25) is 4.40 Å². The third kappa shape index (κ3) is 3.04. The SMILES string of the molecule is N#Cc1cccc(-c2cnc3ccc(C4=CNNC4c4ccc(F)cc4)cn23)c1. The minimum Gasteiger partial charge on any atom is -0.328 e. The van der Waals surface area contributed by atoms with Crippen molar-refractivity contribution in [1.82, 2.24) is 20.2 Å². The van der Waals surface area contributed by atoms with Crippen LogP contribution in [0.2, 0.25) is 0 Å². The molecule has 29 heavy (non-hydrogen) atoms. The molecule has 2 aromatic carbocycles. The van der Waals surface area contributed by atoms with Crippen LogP contribution in [0, 0.1) is 17.1 Å². The summed E-state index contributed by atoms with van der Waals surface area (Å²) in [5.74, 6) is -0.255. The van der Waals surface area contributed by atoms with Crippen LogP contribution in [0.25, 0.3) is 22.5 Å². The zero-order valence-corrected chi connectivity index (χ0v) is 15.3. The maximum Gasteiger partial charge on any atom is 0.137 e. The van der Waals surface area contributed by atoms with E-state index in [-0.39, 0.29) is 11.9 Å². The number of halogens is 1. The van der Waals surface area contributed by atoms with Gasteiger partial charge in [-0.25, -0.2) is 14.8 Å². The van der Waals surface area contributed by atoms with Gasteiger partial charge in [-0.05, 0) is 47.5 Å². The first-order chi connectivity index (χ1) is 14.2. The van der Waals surface area contributed by atoms with Gasteiger partial charge in [0, 0.05) is 23.5 Å². The lowest BCUT2D eigenvalue weighted by Crippen LogP contribution is -2.25. The number of nitrogens with zero attached hydrogens (tertiary/aromatic N) is 3. The number of imidazole rings is 1. The lowest BCUT2D eigenvalue weighted by molar-refractivity contribution is 0.607. The summed E-state index contributed by atoms with van der Waals surface area (Å²) in [4.78, 5) is 4.49. The van der Waals surface area contributed by atoms with E-state index < -0.39 is 0 Å². The van der Waals surface area contributed by atoms with E-state index in [2.05, 4.69) is 21.9 Å². The van der Waals surface area contributed by atoms with Gasteiger partial charge in [0.15, 0.2) is 0 Å². The fourth-order valence-corrected chi connectivity index (χ4v) is 3.64. The van der Waals surface area contributed by atoms with E-state index in [0.717, 1.165) is 33.6 Å². The molecule has 0 bridgehead atoms. The van der Waals surface area contributed by atoms with Gasteiger partial charge in [-0.2, -0.15) is 5.26 Å². The molecule has 4 aromatic rings. The van der Waals surface area contributed by atoms with Crippen molar-refractivity contribution in [1.29, 1.82) is 5.26 Å². The van der Waals surface area contributed by atoms with Crippen LogP contribution in [-0.4, -0.2) is 9.38 Å². The number of aromatic nitrogens is 2. The molecule has 0 spiro atoms. The van der Waals surface area contributed by atoms with Crippen molar-refractivity contribution in [3.63, 3.8) is 0 Å². The molecule has 2 N–H and O–H groups in total. The van der Waals surface area contributed by atoms with E-state index in [0.29, 0.717) is 5.56 Å². The number of nitriles is 1. The standard InChI is InChI=1S/C23H16FN5/c24-19-7-4-16(5-8-19)23-20(12-27-28-23)18-6-9-22-26-13-21(29(22)14-18)17-3-1-2-15(10-17)11-25/h1-10,12-14,23,27-28H. The van der Waals surface area contributed by atoms with Gasteiger partial charge in [-0.15, -0.1) is 0 Å². The van der Waals surface area contributed by atoms with Crippen molar-refractivity contribution in [2.75, 3.05) is 0 Å². The Morgan fingerprint density at radius 2 is 1.90 bits per heavy atom. The first-order valence-corrected chi connectivity index (χ1v) is 9.17. The minimum atomic E-state index is -0.255. The predicted molar refractivity (Wildman–Crippen MR) is 109 cm³/mol. The average Bonchev–Trinajstić information content (AvgIpc) is 3.41. The summed E-state index contributed by atoms with van der Waals surface area (Å²) in [5.41, 5.74) is 12.6. The molecular formula is C23H16FN5. The summed E-state index contributed by atoms with van der Waals surface area (Å²) in [6.45, 7) is 0. The number of hydrazine groups is 1. The lowest BCUT2D eigenvalue weighted by atomic mass is 9.96. The zero-order valence-electron chi connectivity index (χ0n) is 15.3. The Labute approximate surface area is 166 Å². The summed E-state index contributed by atoms with van der Waals surface area (Å²) in [7, 11) is 0. The average molecular weight is 381 g/mol. The molecule has 0 aliphatic carbocycles. The maximum atomic E-state index is 13.3. The Kier molecular flexibility index (Phi) is 4.08. The third-order valence-corrected chi connectivity index (χ3v) is 5.10. The van der Waals surface area contributed by atoms with Crippen molar-refractivity contribution in [3.05, 3.63) is 102 Å². The van der Waals surface area contributed by atoms with Crippen LogP contribution in [0.5, 0.6) is 0 Å². The van der Waals surface area contributed by atoms with E-state index >= 15 is 0 Å². The fraction of sp³-hybridized carbons (Fsp3) is 0.0435. The molecule has 0 saturated carbocycles. The third-order valence-electron chi connectivity index (χ3n) is 5.10. The summed E-state index contributed by atoms with van der Waals surface area (Å²) in [5, 5.41) is 9.20. The van der Waals surface area contributed by atoms with Crippen LogP contribution < -0.4 is 10.9 Å². The second-order valence-corrected chi connectivity index (χ2v) is 6.85. The summed E-state index contributed by atoms with van der Waals surface area (Å²) >= 11 is 0. The van der Waals surface area contributed by atoms with E-state index in [4.69, 9.17) is 0 Å². The maximum absolute atomic E-state index is 13.3. The lowest BCUT2D eigenvalue weighted by Gasteiger charge is -2.16. The number of hydrogen-bond donors (Lipinski definition) is 2. The van der Waals surface area contributed by atoms with Crippen molar-refractivity contribution < 1.29 is 4.39 Å². The van der Waals surface area contributed by atoms with Crippen LogP contribution in [0.15, 0.2) is 79.3 Å². The van der Waals surface area contributed by atoms with Gasteiger partial charge in [0.1, 0.15) is 11.5 Å². The van der Waals surface area contributed by atoms with Gasteiger partial charge >= 0.3 is 0 Å². The van der Waals surface area contributed by atoms with Crippen LogP contribution in [0.4, 0.5) is 4.39 Å². The molecule has 6 heteroatoms. The van der Waals surface area contributed by atoms with Crippen molar-refractivity contribution >= 4 is 11.2 Å². The number of rotatable bonds is 3. The van der Waals surface area contributed by atoms with Crippen molar-refractivity contribution in [2.45, 2.75) is 6.04 Å². The molecule has 1 aliphatic rings. The first-order valence-electron chi connectivity index (χ1n) is 9.17. The second kappa shape index (κ2) is 6.89. The van der Waals surface area contributed by atoms with Gasteiger partial charge in [0.2, 0.25) is 0 Å². The Bertz CT molecular complexity index is 1280. The largest absolute Gasteiger partial charge is 0.328 e. The second-order valence-electron chi connectivity index (χ2n) is 6.85. The number of nitrogens with one attached hydrogen (secondary N) is 2. The highest BCUT2D eigenvalue weighted by Crippen LogP contribution is 2.33. The molecule has 5 rings (SSSR count). The number of pyridine rings is 1. The molecule has 0 amide bonds. The fourth-order valence-electron chi connectivity index (χ4n) is 3.64. The summed E-state index contributed by atoms with van der Waals surface area (Å²) in [6, 6.07) is 20.0. The van der Waals surface area contributed by atoms with Crippen LogP contribution >= 0.6 is 0 Å². The van der Waals surface area contributed by atoms with Crippen LogP contribution in [0.3, 0.4) is 0 Å². The van der Waals surface area contributed by atoms with Gasteiger partial charge in [0.25, 0.3) is 0 Å². The Morgan fingerprint density at radius 1 is 1.03 bits per heavy atom. The summed E-state index contributed by atoms with van der Waals surface area (Å²) in [6.07, 6.45) is 5.77. The van der Waals surface area contributed by atoms with Crippen LogP contribution in [-0.2, 0) is 0 Å². The highest BCUT2D eigenvalue weighted by Gasteiger charge is 2.23. The van der Waals surface area contributed by atoms with E-state index in [9.17, 15) is 9.65 Å². The highest BCUT2D eigenvalue weighted by molar-refractivity contribution is 5.74. The van der Waals surface area contributed by atoms with Crippen molar-refractivity contribution in [3.8, 4) is 17.3 Å². The Morgan fingerprint density at radius 3 is 2.72 bits per heavy atom. The molecule has 1 aliphatic heterocycles. The Hall–Kier alpha value is -3.95. The first kappa shape index (κ1) is 17.2. The van der Waals surface area contributed by atoms with Gasteiger partial charge in [0.05, 0.1) is 29.6 Å². The quantitative estimate of drug-likeness (QED) is 0.558. The number of hydrogen-bond acceptors (Lipinski definition) is 4. The zero-order chi connectivity index (χ0) is 19.8. The minimum absolute atomic E-state index is 0.0954. The Balaban J connectivity index is 1.57. The van der Waals surface area contributed by atoms with E-state index in [1.54, 1.807) is 18.2 Å². The molecule has 0 saturated heterocycles. The molecule has 3 heterocycles. The monoisotopic (exact) mass is 381 g/mol. The van der Waals surface area contributed by atoms with Gasteiger partial charge in [-0.1, -0.05) is 24.3 Å². The predicted octanol–water partition coefficient (Wildman–Crippen LogP) is 4.20. The van der Waals surface area contributed by atoms with E-state index in [1.807, 2.05) is 53.3 Å². The molecule has 1 unspecified atom stereocenters. The molecule has 2 aromatic heterocycles. The van der Waals surface area contributed by atoms with Crippen molar-refractivity contribution in [2.24, 2.45) is 0 Å². The molecule has 1 atom stereocenters. The molecule has 0 fully saturated rings. The normalized spacial score (nSPS) is 15.7. The topological polar surface area (TPSA) is 65.2 Å².